The van der Waals surface area contributed by atoms with Crippen LogP contribution in [0, 0.1) is 0 Å². The highest BCUT2D eigenvalue weighted by Crippen LogP contribution is 2.41. The molecule has 1 aromatic rings. The molecule has 1 saturated carbocycles. The van der Waals surface area contributed by atoms with Crippen molar-refractivity contribution in [3.05, 3.63) is 35.4 Å². The molecule has 0 aromatic heterocycles. The van der Waals surface area contributed by atoms with Crippen LogP contribution in [-0.4, -0.2) is 7.11 Å². The summed E-state index contributed by atoms with van der Waals surface area (Å²) in [4.78, 5) is 0. The molecule has 94 valence electrons. The van der Waals surface area contributed by atoms with E-state index in [1.807, 2.05) is 0 Å². The Morgan fingerprint density at radius 3 is 2.35 bits per heavy atom. The van der Waals surface area contributed by atoms with E-state index in [9.17, 15) is 0 Å². The first kappa shape index (κ1) is 12.6. The second kappa shape index (κ2) is 4.43. The number of hydrogen-bond donors (Lipinski definition) is 1. The fourth-order valence-electron chi connectivity index (χ4n) is 2.83. The predicted molar refractivity (Wildman–Crippen MR) is 70.8 cm³/mol. The summed E-state index contributed by atoms with van der Waals surface area (Å²) in [6.07, 6.45) is 4.64. The van der Waals surface area contributed by atoms with Crippen LogP contribution in [0.4, 0.5) is 0 Å². The minimum atomic E-state index is -0.272. The molecule has 0 heterocycles. The van der Waals surface area contributed by atoms with Crippen LogP contribution in [0.15, 0.2) is 24.3 Å². The summed E-state index contributed by atoms with van der Waals surface area (Å²) in [6.45, 7) is 4.20. The normalized spacial score (nSPS) is 19.5. The maximum Gasteiger partial charge on any atom is 0.0874 e. The van der Waals surface area contributed by atoms with Gasteiger partial charge in [0, 0.05) is 12.6 Å². The SMILES string of the molecule is COC(C)(C)c1ccccc1C1(N)CCCC1. The zero-order chi connectivity index (χ0) is 12.5. The van der Waals surface area contributed by atoms with Crippen molar-refractivity contribution in [1.82, 2.24) is 0 Å². The first-order chi connectivity index (χ1) is 7.99. The summed E-state index contributed by atoms with van der Waals surface area (Å²) < 4.78 is 5.61. The third-order valence-electron chi connectivity index (χ3n) is 4.12. The van der Waals surface area contributed by atoms with Gasteiger partial charge in [-0.25, -0.2) is 0 Å². The lowest BCUT2D eigenvalue weighted by Gasteiger charge is -2.33. The van der Waals surface area contributed by atoms with Gasteiger partial charge in [0.1, 0.15) is 0 Å². The van der Waals surface area contributed by atoms with Gasteiger partial charge in [0.25, 0.3) is 0 Å². The zero-order valence-corrected chi connectivity index (χ0v) is 11.1. The highest BCUT2D eigenvalue weighted by atomic mass is 16.5. The Balaban J connectivity index is 2.47. The van der Waals surface area contributed by atoms with Crippen molar-refractivity contribution in [2.45, 2.75) is 50.7 Å². The molecule has 2 heteroatoms. The van der Waals surface area contributed by atoms with E-state index in [1.54, 1.807) is 7.11 Å². The second-order valence-corrected chi connectivity index (χ2v) is 5.62. The zero-order valence-electron chi connectivity index (χ0n) is 11.1. The molecular weight excluding hydrogens is 210 g/mol. The average molecular weight is 233 g/mol. The number of benzene rings is 1. The van der Waals surface area contributed by atoms with E-state index < -0.39 is 0 Å². The fraction of sp³-hybridized carbons (Fsp3) is 0.600. The average Bonchev–Trinajstić information content (AvgIpc) is 2.77. The summed E-state index contributed by atoms with van der Waals surface area (Å²) in [5.74, 6) is 0. The minimum absolute atomic E-state index is 0.146. The van der Waals surface area contributed by atoms with Gasteiger partial charge >= 0.3 is 0 Å². The molecule has 0 amide bonds. The number of hydrogen-bond acceptors (Lipinski definition) is 2. The molecule has 0 radical (unpaired) electrons. The van der Waals surface area contributed by atoms with Gasteiger partial charge in [-0.05, 0) is 37.8 Å². The third-order valence-corrected chi connectivity index (χ3v) is 4.12. The van der Waals surface area contributed by atoms with Crippen LogP contribution >= 0.6 is 0 Å². The van der Waals surface area contributed by atoms with Crippen molar-refractivity contribution in [1.29, 1.82) is 0 Å². The molecule has 0 bridgehead atoms. The number of methoxy groups -OCH3 is 1. The van der Waals surface area contributed by atoms with Gasteiger partial charge in [-0.1, -0.05) is 37.1 Å². The van der Waals surface area contributed by atoms with E-state index in [2.05, 4.69) is 38.1 Å². The summed E-state index contributed by atoms with van der Waals surface area (Å²) in [5, 5.41) is 0. The molecule has 1 fully saturated rings. The highest BCUT2D eigenvalue weighted by molar-refractivity contribution is 5.37. The largest absolute Gasteiger partial charge is 0.374 e. The van der Waals surface area contributed by atoms with Gasteiger partial charge < -0.3 is 10.5 Å². The highest BCUT2D eigenvalue weighted by Gasteiger charge is 2.36. The van der Waals surface area contributed by atoms with Crippen LogP contribution < -0.4 is 5.73 Å². The Morgan fingerprint density at radius 1 is 1.18 bits per heavy atom. The molecule has 2 rings (SSSR count). The monoisotopic (exact) mass is 233 g/mol. The van der Waals surface area contributed by atoms with Gasteiger partial charge in [0.05, 0.1) is 5.60 Å². The number of rotatable bonds is 3. The molecule has 1 aliphatic rings. The third kappa shape index (κ3) is 2.24. The van der Waals surface area contributed by atoms with Crippen molar-refractivity contribution in [3.63, 3.8) is 0 Å². The van der Waals surface area contributed by atoms with Crippen LogP contribution in [-0.2, 0) is 15.9 Å². The van der Waals surface area contributed by atoms with E-state index in [4.69, 9.17) is 10.5 Å². The number of ether oxygens (including phenoxy) is 1. The van der Waals surface area contributed by atoms with E-state index in [0.29, 0.717) is 0 Å². The molecule has 0 atom stereocenters. The molecule has 0 aliphatic heterocycles. The van der Waals surface area contributed by atoms with Crippen molar-refractivity contribution >= 4 is 0 Å². The lowest BCUT2D eigenvalue weighted by atomic mass is 9.81. The molecule has 1 aliphatic carbocycles. The molecule has 0 saturated heterocycles. The van der Waals surface area contributed by atoms with E-state index in [0.717, 1.165) is 12.8 Å². The van der Waals surface area contributed by atoms with Crippen molar-refractivity contribution in [2.24, 2.45) is 5.73 Å². The molecule has 1 aromatic carbocycles. The Labute approximate surface area is 104 Å². The lowest BCUT2D eigenvalue weighted by Crippen LogP contribution is -2.36. The fourth-order valence-corrected chi connectivity index (χ4v) is 2.83. The predicted octanol–water partition coefficient (Wildman–Crippen LogP) is 3.30. The Morgan fingerprint density at radius 2 is 1.76 bits per heavy atom. The second-order valence-electron chi connectivity index (χ2n) is 5.62. The molecule has 17 heavy (non-hydrogen) atoms. The topological polar surface area (TPSA) is 35.2 Å². The Hall–Kier alpha value is -0.860. The molecule has 2 nitrogen and oxygen atoms in total. The van der Waals surface area contributed by atoms with Crippen LogP contribution in [0.1, 0.15) is 50.7 Å². The van der Waals surface area contributed by atoms with Crippen molar-refractivity contribution in [2.75, 3.05) is 7.11 Å². The Kier molecular flexibility index (Phi) is 3.28. The molecule has 2 N–H and O–H groups in total. The van der Waals surface area contributed by atoms with Gasteiger partial charge in [-0.15, -0.1) is 0 Å². The van der Waals surface area contributed by atoms with Crippen molar-refractivity contribution in [3.8, 4) is 0 Å². The van der Waals surface area contributed by atoms with E-state index in [1.165, 1.54) is 24.0 Å². The number of nitrogens with two attached hydrogens (primary N) is 1. The molecule has 0 spiro atoms. The minimum Gasteiger partial charge on any atom is -0.374 e. The maximum atomic E-state index is 6.58. The van der Waals surface area contributed by atoms with Crippen LogP contribution in [0.3, 0.4) is 0 Å². The van der Waals surface area contributed by atoms with Gasteiger partial charge in [0.15, 0.2) is 0 Å². The van der Waals surface area contributed by atoms with Crippen LogP contribution in [0.25, 0.3) is 0 Å². The van der Waals surface area contributed by atoms with Crippen molar-refractivity contribution < 1.29 is 4.74 Å². The van der Waals surface area contributed by atoms with E-state index >= 15 is 0 Å². The summed E-state index contributed by atoms with van der Waals surface area (Å²) in [5.41, 5.74) is 8.65. The van der Waals surface area contributed by atoms with Gasteiger partial charge in [-0.2, -0.15) is 0 Å². The first-order valence-corrected chi connectivity index (χ1v) is 6.44. The van der Waals surface area contributed by atoms with E-state index in [-0.39, 0.29) is 11.1 Å². The molecular formula is C15H23NO. The van der Waals surface area contributed by atoms with Crippen LogP contribution in [0.5, 0.6) is 0 Å². The van der Waals surface area contributed by atoms with Crippen LogP contribution in [0.2, 0.25) is 0 Å². The smallest absolute Gasteiger partial charge is 0.0874 e. The summed E-state index contributed by atoms with van der Waals surface area (Å²) in [7, 11) is 1.76. The lowest BCUT2D eigenvalue weighted by molar-refractivity contribution is 0.0175. The molecule has 0 unspecified atom stereocenters. The summed E-state index contributed by atoms with van der Waals surface area (Å²) in [6, 6.07) is 8.46. The standard InChI is InChI=1S/C15H23NO/c1-14(2,17-3)12-8-4-5-9-13(12)15(16)10-6-7-11-15/h4-5,8-9H,6-7,10-11,16H2,1-3H3. The first-order valence-electron chi connectivity index (χ1n) is 6.44. The maximum absolute atomic E-state index is 6.58. The Bertz CT molecular complexity index is 392. The van der Waals surface area contributed by atoms with Gasteiger partial charge in [-0.3, -0.25) is 0 Å². The van der Waals surface area contributed by atoms with Gasteiger partial charge in [0.2, 0.25) is 0 Å². The summed E-state index contributed by atoms with van der Waals surface area (Å²) >= 11 is 0. The quantitative estimate of drug-likeness (QED) is 0.869.